The highest BCUT2D eigenvalue weighted by Gasteiger charge is 2.19. The smallest absolute Gasteiger partial charge is 0.270 e. The average molecular weight is 428 g/mol. The van der Waals surface area contributed by atoms with Gasteiger partial charge in [0.25, 0.3) is 5.91 Å². The van der Waals surface area contributed by atoms with Gasteiger partial charge in [-0.3, -0.25) is 4.79 Å². The molecule has 162 valence electrons. The molecule has 1 saturated heterocycles. The highest BCUT2D eigenvalue weighted by molar-refractivity contribution is 5.94. The van der Waals surface area contributed by atoms with Crippen LogP contribution in [0.5, 0.6) is 0 Å². The Morgan fingerprint density at radius 2 is 1.84 bits per heavy atom. The van der Waals surface area contributed by atoms with Crippen LogP contribution in [-0.4, -0.2) is 33.8 Å². The van der Waals surface area contributed by atoms with Crippen molar-refractivity contribution in [3.63, 3.8) is 0 Å². The third kappa shape index (κ3) is 4.27. The van der Waals surface area contributed by atoms with E-state index in [2.05, 4.69) is 20.3 Å². The quantitative estimate of drug-likeness (QED) is 0.492. The standard InChI is InChI=1S/C25H25N5O2/c31-25(27-18-19-11-12-24(26-17-19)29-13-5-2-6-14-29)22-16-21(23-10-7-15-32-23)28-30(22)20-8-3-1-4-9-20/h1,3-4,7-12,15-17H,2,5-6,13-14,18H2,(H,27,31). The van der Waals surface area contributed by atoms with Gasteiger partial charge in [-0.2, -0.15) is 5.10 Å². The predicted molar refractivity (Wildman–Crippen MR) is 123 cm³/mol. The van der Waals surface area contributed by atoms with Crippen LogP contribution in [-0.2, 0) is 6.54 Å². The van der Waals surface area contributed by atoms with E-state index in [1.165, 1.54) is 19.3 Å². The fraction of sp³-hybridized carbons (Fsp3) is 0.240. The van der Waals surface area contributed by atoms with Gasteiger partial charge in [-0.05, 0) is 55.2 Å². The van der Waals surface area contributed by atoms with E-state index in [-0.39, 0.29) is 5.91 Å². The number of carbonyl (C=O) groups excluding carboxylic acids is 1. The second kappa shape index (κ2) is 9.09. The van der Waals surface area contributed by atoms with Crippen molar-refractivity contribution in [3.8, 4) is 17.1 Å². The maximum atomic E-state index is 13.1. The summed E-state index contributed by atoms with van der Waals surface area (Å²) >= 11 is 0. The molecule has 5 rings (SSSR count). The number of rotatable bonds is 6. The Bertz CT molecular complexity index is 1160. The first-order valence-electron chi connectivity index (χ1n) is 11.0. The molecular weight excluding hydrogens is 402 g/mol. The minimum absolute atomic E-state index is 0.209. The second-order valence-electron chi connectivity index (χ2n) is 7.89. The SMILES string of the molecule is O=C(NCc1ccc(N2CCCCC2)nc1)c1cc(-c2ccco2)nn1-c1ccccc1. The summed E-state index contributed by atoms with van der Waals surface area (Å²) in [6.07, 6.45) is 7.16. The van der Waals surface area contributed by atoms with Gasteiger partial charge in [0.15, 0.2) is 5.76 Å². The van der Waals surface area contributed by atoms with Gasteiger partial charge in [0, 0.05) is 31.9 Å². The Hall–Kier alpha value is -3.87. The topological polar surface area (TPSA) is 76.2 Å². The molecule has 0 spiro atoms. The zero-order valence-electron chi connectivity index (χ0n) is 17.8. The lowest BCUT2D eigenvalue weighted by atomic mass is 10.1. The number of pyridine rings is 1. The molecule has 1 amide bonds. The monoisotopic (exact) mass is 427 g/mol. The Balaban J connectivity index is 1.33. The number of nitrogens with zero attached hydrogens (tertiary/aromatic N) is 4. The van der Waals surface area contributed by atoms with Crippen molar-refractivity contribution >= 4 is 11.7 Å². The summed E-state index contributed by atoms with van der Waals surface area (Å²) in [4.78, 5) is 20.0. The number of benzene rings is 1. The van der Waals surface area contributed by atoms with Gasteiger partial charge in [0.2, 0.25) is 0 Å². The minimum Gasteiger partial charge on any atom is -0.463 e. The summed E-state index contributed by atoms with van der Waals surface area (Å²) in [5, 5.41) is 7.61. The maximum absolute atomic E-state index is 13.1. The molecule has 1 aliphatic heterocycles. The van der Waals surface area contributed by atoms with Crippen molar-refractivity contribution < 1.29 is 9.21 Å². The van der Waals surface area contributed by atoms with E-state index < -0.39 is 0 Å². The van der Waals surface area contributed by atoms with Crippen molar-refractivity contribution in [3.05, 3.63) is 84.4 Å². The van der Waals surface area contributed by atoms with Crippen molar-refractivity contribution in [2.75, 3.05) is 18.0 Å². The molecule has 0 atom stereocenters. The summed E-state index contributed by atoms with van der Waals surface area (Å²) in [5.41, 5.74) is 2.82. The summed E-state index contributed by atoms with van der Waals surface area (Å²) in [7, 11) is 0. The summed E-state index contributed by atoms with van der Waals surface area (Å²) in [6, 6.07) is 19.0. The lowest BCUT2D eigenvalue weighted by Gasteiger charge is -2.27. The number of furan rings is 1. The zero-order valence-corrected chi connectivity index (χ0v) is 17.8. The van der Waals surface area contributed by atoms with E-state index in [9.17, 15) is 4.79 Å². The van der Waals surface area contributed by atoms with Gasteiger partial charge in [-0.25, -0.2) is 9.67 Å². The number of para-hydroxylation sites is 1. The first-order valence-corrected chi connectivity index (χ1v) is 11.0. The molecule has 4 aromatic rings. The minimum atomic E-state index is -0.209. The van der Waals surface area contributed by atoms with E-state index in [1.807, 2.05) is 54.7 Å². The summed E-state index contributed by atoms with van der Waals surface area (Å²) in [6.45, 7) is 2.51. The molecule has 1 N–H and O–H groups in total. The van der Waals surface area contributed by atoms with Crippen molar-refractivity contribution in [2.45, 2.75) is 25.8 Å². The van der Waals surface area contributed by atoms with Gasteiger partial charge in [-0.15, -0.1) is 0 Å². The van der Waals surface area contributed by atoms with Crippen LogP contribution in [0.4, 0.5) is 5.82 Å². The van der Waals surface area contributed by atoms with Crippen LogP contribution in [0.15, 0.2) is 77.5 Å². The molecule has 0 saturated carbocycles. The molecule has 32 heavy (non-hydrogen) atoms. The normalized spacial score (nSPS) is 13.8. The molecule has 0 unspecified atom stereocenters. The van der Waals surface area contributed by atoms with Crippen LogP contribution in [0.25, 0.3) is 17.1 Å². The van der Waals surface area contributed by atoms with Crippen LogP contribution in [0.1, 0.15) is 35.3 Å². The molecule has 4 heterocycles. The molecule has 1 aliphatic rings. The van der Waals surface area contributed by atoms with Crippen LogP contribution < -0.4 is 10.2 Å². The Kier molecular flexibility index (Phi) is 5.70. The molecule has 3 aromatic heterocycles. The molecule has 0 radical (unpaired) electrons. The van der Waals surface area contributed by atoms with E-state index in [0.717, 1.165) is 30.2 Å². The van der Waals surface area contributed by atoms with Crippen LogP contribution in [0.3, 0.4) is 0 Å². The largest absolute Gasteiger partial charge is 0.463 e. The van der Waals surface area contributed by atoms with Gasteiger partial charge in [0.05, 0.1) is 12.0 Å². The first-order chi connectivity index (χ1) is 15.8. The van der Waals surface area contributed by atoms with E-state index in [4.69, 9.17) is 4.42 Å². The maximum Gasteiger partial charge on any atom is 0.270 e. The molecular formula is C25H25N5O2. The first kappa shape index (κ1) is 20.1. The Labute approximate surface area is 186 Å². The molecule has 7 heteroatoms. The van der Waals surface area contributed by atoms with Gasteiger partial charge >= 0.3 is 0 Å². The van der Waals surface area contributed by atoms with Crippen molar-refractivity contribution in [2.24, 2.45) is 0 Å². The number of aromatic nitrogens is 3. The van der Waals surface area contributed by atoms with E-state index in [0.29, 0.717) is 23.7 Å². The molecule has 0 aliphatic carbocycles. The number of hydrogen-bond acceptors (Lipinski definition) is 5. The zero-order chi connectivity index (χ0) is 21.8. The second-order valence-corrected chi connectivity index (χ2v) is 7.89. The fourth-order valence-corrected chi connectivity index (χ4v) is 3.96. The highest BCUT2D eigenvalue weighted by Crippen LogP contribution is 2.22. The lowest BCUT2D eigenvalue weighted by Crippen LogP contribution is -2.30. The molecule has 0 bridgehead atoms. The molecule has 1 aromatic carbocycles. The predicted octanol–water partition coefficient (Wildman–Crippen LogP) is 4.45. The Morgan fingerprint density at radius 3 is 2.56 bits per heavy atom. The number of piperidine rings is 1. The van der Waals surface area contributed by atoms with Crippen LogP contribution in [0.2, 0.25) is 0 Å². The van der Waals surface area contributed by atoms with Gasteiger partial charge < -0.3 is 14.6 Å². The number of carbonyl (C=O) groups is 1. The third-order valence-electron chi connectivity index (χ3n) is 5.66. The summed E-state index contributed by atoms with van der Waals surface area (Å²) < 4.78 is 7.12. The molecule has 7 nitrogen and oxygen atoms in total. The van der Waals surface area contributed by atoms with E-state index >= 15 is 0 Å². The van der Waals surface area contributed by atoms with Gasteiger partial charge in [-0.1, -0.05) is 24.3 Å². The van der Waals surface area contributed by atoms with Crippen molar-refractivity contribution in [1.82, 2.24) is 20.1 Å². The average Bonchev–Trinajstić information content (AvgIpc) is 3.54. The number of anilines is 1. The third-order valence-corrected chi connectivity index (χ3v) is 5.66. The van der Waals surface area contributed by atoms with E-state index in [1.54, 1.807) is 23.1 Å². The Morgan fingerprint density at radius 1 is 1.00 bits per heavy atom. The number of nitrogens with one attached hydrogen (secondary N) is 1. The molecule has 1 fully saturated rings. The number of hydrogen-bond donors (Lipinski definition) is 1. The highest BCUT2D eigenvalue weighted by atomic mass is 16.3. The van der Waals surface area contributed by atoms with Gasteiger partial charge in [0.1, 0.15) is 17.2 Å². The van der Waals surface area contributed by atoms with Crippen molar-refractivity contribution in [1.29, 1.82) is 0 Å². The lowest BCUT2D eigenvalue weighted by molar-refractivity contribution is 0.0943. The number of amides is 1. The fourth-order valence-electron chi connectivity index (χ4n) is 3.96. The van der Waals surface area contributed by atoms with Crippen LogP contribution in [0, 0.1) is 0 Å². The van der Waals surface area contributed by atoms with Crippen LogP contribution >= 0.6 is 0 Å². The summed E-state index contributed by atoms with van der Waals surface area (Å²) in [5.74, 6) is 1.41.